The lowest BCUT2D eigenvalue weighted by molar-refractivity contribution is -0.143. The van der Waals surface area contributed by atoms with Gasteiger partial charge >= 0.3 is 5.97 Å². The molecule has 0 aliphatic rings. The summed E-state index contributed by atoms with van der Waals surface area (Å²) in [7, 11) is 1.44. The molecule has 20 heavy (non-hydrogen) atoms. The predicted octanol–water partition coefficient (Wildman–Crippen LogP) is 4.08. The van der Waals surface area contributed by atoms with Crippen molar-refractivity contribution in [2.45, 2.75) is 45.7 Å². The van der Waals surface area contributed by atoms with Crippen LogP contribution in [0.4, 0.5) is 0 Å². The lowest BCUT2D eigenvalue weighted by atomic mass is 9.99. The minimum Gasteiger partial charge on any atom is -0.468 e. The van der Waals surface area contributed by atoms with Crippen molar-refractivity contribution >= 4 is 21.9 Å². The molecule has 0 amide bonds. The fraction of sp³-hybridized carbons (Fsp3) is 0.562. The van der Waals surface area contributed by atoms with Gasteiger partial charge in [-0.15, -0.1) is 0 Å². The third-order valence-electron chi connectivity index (χ3n) is 3.28. The van der Waals surface area contributed by atoms with Gasteiger partial charge in [0.05, 0.1) is 7.11 Å². The first-order valence-electron chi connectivity index (χ1n) is 7.07. The van der Waals surface area contributed by atoms with Crippen molar-refractivity contribution in [2.24, 2.45) is 5.92 Å². The summed E-state index contributed by atoms with van der Waals surface area (Å²) in [5.41, 5.74) is 1.19. The zero-order chi connectivity index (χ0) is 15.1. The number of nitrogens with one attached hydrogen (secondary N) is 1. The van der Waals surface area contributed by atoms with E-state index in [1.165, 1.54) is 12.7 Å². The average Bonchev–Trinajstić information content (AvgIpc) is 2.43. The molecule has 0 fully saturated rings. The van der Waals surface area contributed by atoms with Crippen LogP contribution < -0.4 is 5.32 Å². The molecule has 0 spiro atoms. The van der Waals surface area contributed by atoms with Crippen LogP contribution in [0.1, 0.15) is 45.2 Å². The van der Waals surface area contributed by atoms with Gasteiger partial charge in [-0.25, -0.2) is 0 Å². The number of carbonyl (C=O) groups is 1. The maximum absolute atomic E-state index is 11.9. The summed E-state index contributed by atoms with van der Waals surface area (Å²) in [6.45, 7) is 6.33. The Hall–Kier alpha value is -0.870. The topological polar surface area (TPSA) is 38.3 Å². The van der Waals surface area contributed by atoms with Crippen LogP contribution in [0.15, 0.2) is 28.7 Å². The number of benzene rings is 1. The first-order valence-corrected chi connectivity index (χ1v) is 7.86. The number of rotatable bonds is 7. The van der Waals surface area contributed by atoms with E-state index in [0.717, 1.165) is 17.3 Å². The third-order valence-corrected chi connectivity index (χ3v) is 3.80. The number of hydrogen-bond donors (Lipinski definition) is 1. The molecule has 0 heterocycles. The molecule has 3 nitrogen and oxygen atoms in total. The minimum absolute atomic E-state index is 0.158. The van der Waals surface area contributed by atoms with Gasteiger partial charge in [-0.3, -0.25) is 10.1 Å². The van der Waals surface area contributed by atoms with Gasteiger partial charge in [0.25, 0.3) is 0 Å². The van der Waals surface area contributed by atoms with Crippen LogP contribution in [-0.2, 0) is 9.53 Å². The van der Waals surface area contributed by atoms with E-state index in [2.05, 4.69) is 54.2 Å². The first-order chi connectivity index (χ1) is 9.47. The Labute approximate surface area is 130 Å². The highest BCUT2D eigenvalue weighted by Gasteiger charge is 2.23. The van der Waals surface area contributed by atoms with Crippen LogP contribution in [0, 0.1) is 5.92 Å². The first kappa shape index (κ1) is 17.2. The maximum atomic E-state index is 11.9. The van der Waals surface area contributed by atoms with Gasteiger partial charge in [0.2, 0.25) is 0 Å². The van der Waals surface area contributed by atoms with Crippen molar-refractivity contribution in [3.05, 3.63) is 34.3 Å². The predicted molar refractivity (Wildman–Crippen MR) is 85.6 cm³/mol. The fourth-order valence-electron chi connectivity index (χ4n) is 2.23. The molecular formula is C16H24BrNO2. The van der Waals surface area contributed by atoms with Gasteiger partial charge in [0.15, 0.2) is 0 Å². The van der Waals surface area contributed by atoms with E-state index >= 15 is 0 Å². The zero-order valence-electron chi connectivity index (χ0n) is 12.7. The Morgan fingerprint density at radius 1 is 1.30 bits per heavy atom. The summed E-state index contributed by atoms with van der Waals surface area (Å²) in [5, 5.41) is 3.43. The summed E-state index contributed by atoms with van der Waals surface area (Å²) >= 11 is 3.44. The van der Waals surface area contributed by atoms with Crippen LogP contribution in [0.2, 0.25) is 0 Å². The van der Waals surface area contributed by atoms with Crippen molar-refractivity contribution in [1.29, 1.82) is 0 Å². The molecule has 112 valence electrons. The second-order valence-electron chi connectivity index (χ2n) is 5.38. The molecule has 2 atom stereocenters. The van der Waals surface area contributed by atoms with Crippen LogP contribution >= 0.6 is 15.9 Å². The molecular weight excluding hydrogens is 318 g/mol. The van der Waals surface area contributed by atoms with E-state index in [4.69, 9.17) is 4.74 Å². The highest BCUT2D eigenvalue weighted by atomic mass is 79.9. The number of hydrogen-bond acceptors (Lipinski definition) is 3. The molecule has 0 aliphatic heterocycles. The molecule has 1 rings (SSSR count). The van der Waals surface area contributed by atoms with E-state index in [1.54, 1.807) is 0 Å². The molecule has 4 heteroatoms. The Morgan fingerprint density at radius 2 is 1.90 bits per heavy atom. The quantitative estimate of drug-likeness (QED) is 0.759. The SMILES string of the molecule is CCC(NC(CC(C)C)C(=O)OC)c1ccc(Br)cc1. The Morgan fingerprint density at radius 3 is 2.35 bits per heavy atom. The maximum Gasteiger partial charge on any atom is 0.322 e. The normalized spacial score (nSPS) is 14.1. The Bertz CT molecular complexity index is 417. The van der Waals surface area contributed by atoms with Crippen molar-refractivity contribution in [3.63, 3.8) is 0 Å². The highest BCUT2D eigenvalue weighted by molar-refractivity contribution is 9.10. The average molecular weight is 342 g/mol. The van der Waals surface area contributed by atoms with Gasteiger partial charge < -0.3 is 4.74 Å². The smallest absolute Gasteiger partial charge is 0.322 e. The van der Waals surface area contributed by atoms with Gasteiger partial charge in [0.1, 0.15) is 6.04 Å². The van der Waals surface area contributed by atoms with Gasteiger partial charge in [-0.2, -0.15) is 0 Å². The summed E-state index contributed by atoms with van der Waals surface area (Å²) < 4.78 is 5.96. The largest absolute Gasteiger partial charge is 0.468 e. The second kappa shape index (κ2) is 8.42. The van der Waals surface area contributed by atoms with Crippen LogP contribution in [0.5, 0.6) is 0 Å². The number of esters is 1. The molecule has 2 unspecified atom stereocenters. The summed E-state index contributed by atoms with van der Waals surface area (Å²) in [6.07, 6.45) is 1.70. The van der Waals surface area contributed by atoms with Crippen molar-refractivity contribution in [1.82, 2.24) is 5.32 Å². The van der Waals surface area contributed by atoms with Crippen LogP contribution in [-0.4, -0.2) is 19.1 Å². The summed E-state index contributed by atoms with van der Waals surface area (Å²) in [5.74, 6) is 0.253. The molecule has 0 aliphatic carbocycles. The number of carbonyl (C=O) groups excluding carboxylic acids is 1. The van der Waals surface area contributed by atoms with Gasteiger partial charge in [0, 0.05) is 10.5 Å². The summed E-state index contributed by atoms with van der Waals surface area (Å²) in [4.78, 5) is 11.9. The number of halogens is 1. The van der Waals surface area contributed by atoms with Crippen LogP contribution in [0.3, 0.4) is 0 Å². The number of ether oxygens (including phenoxy) is 1. The number of methoxy groups -OCH3 is 1. The molecule has 0 saturated carbocycles. The van der Waals surface area contributed by atoms with E-state index in [-0.39, 0.29) is 18.1 Å². The van der Waals surface area contributed by atoms with Crippen molar-refractivity contribution in [3.8, 4) is 0 Å². The highest BCUT2D eigenvalue weighted by Crippen LogP contribution is 2.21. The lowest BCUT2D eigenvalue weighted by Crippen LogP contribution is -2.40. The molecule has 0 saturated heterocycles. The lowest BCUT2D eigenvalue weighted by Gasteiger charge is -2.25. The third kappa shape index (κ3) is 5.25. The van der Waals surface area contributed by atoms with Crippen molar-refractivity contribution < 1.29 is 9.53 Å². The molecule has 0 radical (unpaired) electrons. The zero-order valence-corrected chi connectivity index (χ0v) is 14.2. The molecule has 1 aromatic carbocycles. The van der Waals surface area contributed by atoms with Crippen LogP contribution in [0.25, 0.3) is 0 Å². The fourth-order valence-corrected chi connectivity index (χ4v) is 2.50. The molecule has 1 N–H and O–H groups in total. The van der Waals surface area contributed by atoms with E-state index in [1.807, 2.05) is 12.1 Å². The Balaban J connectivity index is 2.82. The minimum atomic E-state index is -0.256. The monoisotopic (exact) mass is 341 g/mol. The Kier molecular flexibility index (Phi) is 7.24. The standard InChI is InChI=1S/C16H24BrNO2/c1-5-14(12-6-8-13(17)9-7-12)18-15(10-11(2)3)16(19)20-4/h6-9,11,14-15,18H,5,10H2,1-4H3. The molecule has 0 aromatic heterocycles. The van der Waals surface area contributed by atoms with Gasteiger partial charge in [-0.05, 0) is 36.5 Å². The van der Waals surface area contributed by atoms with E-state index < -0.39 is 0 Å². The molecule has 1 aromatic rings. The van der Waals surface area contributed by atoms with E-state index in [9.17, 15) is 4.79 Å². The second-order valence-corrected chi connectivity index (χ2v) is 6.30. The summed E-state index contributed by atoms with van der Waals surface area (Å²) in [6, 6.07) is 8.11. The van der Waals surface area contributed by atoms with Gasteiger partial charge in [-0.1, -0.05) is 48.8 Å². The van der Waals surface area contributed by atoms with Crippen molar-refractivity contribution in [2.75, 3.05) is 7.11 Å². The molecule has 0 bridgehead atoms. The van der Waals surface area contributed by atoms with E-state index in [0.29, 0.717) is 5.92 Å².